The standard InChI is InChI=1S/C21H38N4O2/c1-7-22-21(24-16-19(27-8-2)12-14-25(4)5)23-13-11-18-10-9-17(3)20(15-18)26-6/h9-10,15,19H,7-8,11-14,16H2,1-6H3,(H2,22,23,24). The predicted molar refractivity (Wildman–Crippen MR) is 114 cm³/mol. The van der Waals surface area contributed by atoms with Crippen LogP contribution in [0.2, 0.25) is 0 Å². The van der Waals surface area contributed by atoms with E-state index in [4.69, 9.17) is 14.5 Å². The first-order valence-electron chi connectivity index (χ1n) is 9.92. The van der Waals surface area contributed by atoms with E-state index in [1.807, 2.05) is 6.92 Å². The number of nitrogens with one attached hydrogen (secondary N) is 2. The summed E-state index contributed by atoms with van der Waals surface area (Å²) < 4.78 is 11.2. The van der Waals surface area contributed by atoms with Crippen molar-refractivity contribution < 1.29 is 9.47 Å². The molecule has 0 saturated heterocycles. The molecule has 0 aromatic heterocycles. The van der Waals surface area contributed by atoms with E-state index in [-0.39, 0.29) is 6.10 Å². The van der Waals surface area contributed by atoms with Gasteiger partial charge in [-0.1, -0.05) is 12.1 Å². The Hall–Kier alpha value is -1.79. The van der Waals surface area contributed by atoms with Crippen molar-refractivity contribution in [3.8, 4) is 5.75 Å². The first kappa shape index (κ1) is 23.2. The molecule has 1 rings (SSSR count). The Morgan fingerprint density at radius 2 is 2.00 bits per heavy atom. The van der Waals surface area contributed by atoms with Crippen molar-refractivity contribution in [3.63, 3.8) is 0 Å². The molecule has 1 aromatic rings. The Bertz CT molecular complexity index is 561. The van der Waals surface area contributed by atoms with Gasteiger partial charge in [0.15, 0.2) is 5.96 Å². The van der Waals surface area contributed by atoms with Crippen LogP contribution in [-0.2, 0) is 11.2 Å². The van der Waals surface area contributed by atoms with Crippen LogP contribution < -0.4 is 15.4 Å². The van der Waals surface area contributed by atoms with Crippen molar-refractivity contribution in [3.05, 3.63) is 29.3 Å². The van der Waals surface area contributed by atoms with Crippen LogP contribution in [-0.4, -0.2) is 71.0 Å². The number of rotatable bonds is 12. The lowest BCUT2D eigenvalue weighted by Crippen LogP contribution is -2.39. The summed E-state index contributed by atoms with van der Waals surface area (Å²) >= 11 is 0. The maximum absolute atomic E-state index is 5.83. The van der Waals surface area contributed by atoms with Crippen LogP contribution in [0.3, 0.4) is 0 Å². The average Bonchev–Trinajstić information content (AvgIpc) is 2.65. The molecular formula is C21H38N4O2. The largest absolute Gasteiger partial charge is 0.496 e. The summed E-state index contributed by atoms with van der Waals surface area (Å²) in [4.78, 5) is 6.89. The molecule has 0 aliphatic heterocycles. The number of aryl methyl sites for hydroxylation is 1. The van der Waals surface area contributed by atoms with E-state index < -0.39 is 0 Å². The van der Waals surface area contributed by atoms with Gasteiger partial charge in [-0.15, -0.1) is 0 Å². The summed E-state index contributed by atoms with van der Waals surface area (Å²) in [5.41, 5.74) is 2.41. The number of guanidine groups is 1. The van der Waals surface area contributed by atoms with E-state index >= 15 is 0 Å². The molecule has 1 unspecified atom stereocenters. The molecule has 0 aliphatic rings. The van der Waals surface area contributed by atoms with Gasteiger partial charge in [0.2, 0.25) is 0 Å². The quantitative estimate of drug-likeness (QED) is 0.432. The molecule has 27 heavy (non-hydrogen) atoms. The van der Waals surface area contributed by atoms with Gasteiger partial charge in [0.05, 0.1) is 19.8 Å². The average molecular weight is 379 g/mol. The molecule has 1 atom stereocenters. The first-order valence-corrected chi connectivity index (χ1v) is 9.92. The highest BCUT2D eigenvalue weighted by Gasteiger charge is 2.09. The van der Waals surface area contributed by atoms with Crippen LogP contribution >= 0.6 is 0 Å². The van der Waals surface area contributed by atoms with Crippen LogP contribution in [0.15, 0.2) is 23.2 Å². The summed E-state index contributed by atoms with van der Waals surface area (Å²) in [5, 5.41) is 6.73. The Morgan fingerprint density at radius 1 is 1.22 bits per heavy atom. The number of nitrogens with zero attached hydrogens (tertiary/aromatic N) is 2. The lowest BCUT2D eigenvalue weighted by atomic mass is 10.1. The van der Waals surface area contributed by atoms with E-state index in [0.29, 0.717) is 13.2 Å². The number of aliphatic imine (C=N–C) groups is 1. The number of hydrogen-bond acceptors (Lipinski definition) is 4. The zero-order valence-electron chi connectivity index (χ0n) is 18.0. The van der Waals surface area contributed by atoms with Gasteiger partial charge in [-0.25, -0.2) is 0 Å². The smallest absolute Gasteiger partial charge is 0.191 e. The highest BCUT2D eigenvalue weighted by Crippen LogP contribution is 2.18. The van der Waals surface area contributed by atoms with Gasteiger partial charge in [0.25, 0.3) is 0 Å². The maximum atomic E-state index is 5.83. The summed E-state index contributed by atoms with van der Waals surface area (Å²) in [6, 6.07) is 6.36. The van der Waals surface area contributed by atoms with Crippen LogP contribution in [0.1, 0.15) is 31.4 Å². The van der Waals surface area contributed by atoms with Crippen molar-refractivity contribution >= 4 is 5.96 Å². The van der Waals surface area contributed by atoms with Crippen LogP contribution in [0.4, 0.5) is 0 Å². The fourth-order valence-electron chi connectivity index (χ4n) is 2.75. The SMILES string of the molecule is CCNC(=NCC(CCN(C)C)OCC)NCCc1ccc(C)c(OC)c1. The molecule has 0 saturated carbocycles. The van der Waals surface area contributed by atoms with Crippen molar-refractivity contribution in [1.82, 2.24) is 15.5 Å². The molecule has 0 fully saturated rings. The van der Waals surface area contributed by atoms with Gasteiger partial charge in [0.1, 0.15) is 5.75 Å². The predicted octanol–water partition coefficient (Wildman–Crippen LogP) is 2.46. The summed E-state index contributed by atoms with van der Waals surface area (Å²) in [6.45, 7) is 10.2. The number of hydrogen-bond donors (Lipinski definition) is 2. The molecule has 0 amide bonds. The van der Waals surface area contributed by atoms with Gasteiger partial charge in [-0.05, 0) is 64.9 Å². The molecule has 0 aliphatic carbocycles. The van der Waals surface area contributed by atoms with Gasteiger partial charge in [0, 0.05) is 26.2 Å². The summed E-state index contributed by atoms with van der Waals surface area (Å²) in [5.74, 6) is 1.78. The Morgan fingerprint density at radius 3 is 2.63 bits per heavy atom. The van der Waals surface area contributed by atoms with E-state index in [0.717, 1.165) is 49.7 Å². The van der Waals surface area contributed by atoms with Gasteiger partial charge in [-0.2, -0.15) is 0 Å². The lowest BCUT2D eigenvalue weighted by Gasteiger charge is -2.19. The van der Waals surface area contributed by atoms with Crippen LogP contribution in [0, 0.1) is 6.92 Å². The van der Waals surface area contributed by atoms with Gasteiger partial charge >= 0.3 is 0 Å². The highest BCUT2D eigenvalue weighted by atomic mass is 16.5. The third-order valence-electron chi connectivity index (χ3n) is 4.28. The molecule has 2 N–H and O–H groups in total. The molecule has 0 bridgehead atoms. The van der Waals surface area contributed by atoms with Crippen LogP contribution in [0.25, 0.3) is 0 Å². The molecule has 0 heterocycles. The minimum Gasteiger partial charge on any atom is -0.496 e. The second-order valence-corrected chi connectivity index (χ2v) is 6.87. The maximum Gasteiger partial charge on any atom is 0.191 e. The molecule has 6 heteroatoms. The van der Waals surface area contributed by atoms with E-state index in [9.17, 15) is 0 Å². The van der Waals surface area contributed by atoms with E-state index in [2.05, 4.69) is 61.7 Å². The van der Waals surface area contributed by atoms with Crippen molar-refractivity contribution in [1.29, 1.82) is 0 Å². The molecule has 0 spiro atoms. The summed E-state index contributed by atoms with van der Waals surface area (Å²) in [6.07, 6.45) is 2.04. The fraction of sp³-hybridized carbons (Fsp3) is 0.667. The lowest BCUT2D eigenvalue weighted by molar-refractivity contribution is 0.0582. The Kier molecular flexibility index (Phi) is 11.5. The third-order valence-corrected chi connectivity index (χ3v) is 4.28. The molecule has 1 aromatic carbocycles. The molecular weight excluding hydrogens is 340 g/mol. The number of benzene rings is 1. The van der Waals surface area contributed by atoms with Crippen molar-refractivity contribution in [2.24, 2.45) is 4.99 Å². The Balaban J connectivity index is 2.56. The summed E-state index contributed by atoms with van der Waals surface area (Å²) in [7, 11) is 5.88. The van der Waals surface area contributed by atoms with Crippen molar-refractivity contribution in [2.75, 3.05) is 54.0 Å². The minimum atomic E-state index is 0.147. The molecule has 154 valence electrons. The second-order valence-electron chi connectivity index (χ2n) is 6.87. The number of methoxy groups -OCH3 is 1. The number of ether oxygens (including phenoxy) is 2. The monoisotopic (exact) mass is 378 g/mol. The zero-order valence-corrected chi connectivity index (χ0v) is 18.0. The topological polar surface area (TPSA) is 58.1 Å². The molecule has 6 nitrogen and oxygen atoms in total. The van der Waals surface area contributed by atoms with Crippen molar-refractivity contribution in [2.45, 2.75) is 39.7 Å². The normalized spacial score (nSPS) is 12.9. The fourth-order valence-corrected chi connectivity index (χ4v) is 2.75. The zero-order chi connectivity index (χ0) is 20.1. The second kappa shape index (κ2) is 13.4. The minimum absolute atomic E-state index is 0.147. The third kappa shape index (κ3) is 9.63. The highest BCUT2D eigenvalue weighted by molar-refractivity contribution is 5.79. The van der Waals surface area contributed by atoms with Crippen LogP contribution in [0.5, 0.6) is 5.75 Å². The Labute approximate surface area is 165 Å². The van der Waals surface area contributed by atoms with E-state index in [1.54, 1.807) is 7.11 Å². The first-order chi connectivity index (χ1) is 13.0. The molecule has 0 radical (unpaired) electrons. The van der Waals surface area contributed by atoms with E-state index in [1.165, 1.54) is 5.56 Å². The van der Waals surface area contributed by atoms with Gasteiger partial charge < -0.3 is 25.0 Å². The van der Waals surface area contributed by atoms with Gasteiger partial charge in [-0.3, -0.25) is 4.99 Å².